The number of aryl methyl sites for hydroxylation is 1. The molecule has 1 aromatic carbocycles. The molecule has 0 saturated heterocycles. The second-order valence-corrected chi connectivity index (χ2v) is 6.74. The van der Waals surface area contributed by atoms with Gasteiger partial charge in [-0.3, -0.25) is 0 Å². The molecule has 0 fully saturated rings. The van der Waals surface area contributed by atoms with E-state index >= 15 is 0 Å². The zero-order chi connectivity index (χ0) is 15.2. The Bertz CT molecular complexity index is 582. The molecule has 1 atom stereocenters. The smallest absolute Gasteiger partial charge is 0.126 e. The van der Waals surface area contributed by atoms with Crippen LogP contribution in [-0.4, -0.2) is 6.54 Å². The summed E-state index contributed by atoms with van der Waals surface area (Å²) in [5.41, 5.74) is 0.669. The second-order valence-electron chi connectivity index (χ2n) is 5.10. The molecule has 114 valence electrons. The highest BCUT2D eigenvalue weighted by molar-refractivity contribution is 7.12. The molecule has 0 spiro atoms. The van der Waals surface area contributed by atoms with E-state index in [2.05, 4.69) is 31.3 Å². The predicted molar refractivity (Wildman–Crippen MR) is 89.8 cm³/mol. The molecule has 1 unspecified atom stereocenters. The first-order chi connectivity index (χ1) is 10.1. The average molecular weight is 326 g/mol. The highest BCUT2D eigenvalue weighted by Gasteiger charge is 2.16. The lowest BCUT2D eigenvalue weighted by Gasteiger charge is -2.18. The van der Waals surface area contributed by atoms with Crippen molar-refractivity contribution in [3.63, 3.8) is 0 Å². The van der Waals surface area contributed by atoms with Gasteiger partial charge in [0.05, 0.1) is 0 Å². The third kappa shape index (κ3) is 4.53. The van der Waals surface area contributed by atoms with Crippen LogP contribution in [0.25, 0.3) is 0 Å². The Labute approximate surface area is 135 Å². The van der Waals surface area contributed by atoms with Crippen LogP contribution >= 0.6 is 22.9 Å². The first-order valence-corrected chi connectivity index (χ1v) is 8.59. The quantitative estimate of drug-likeness (QED) is 0.720. The van der Waals surface area contributed by atoms with E-state index in [4.69, 9.17) is 11.6 Å². The van der Waals surface area contributed by atoms with Crippen LogP contribution in [0.2, 0.25) is 5.02 Å². The minimum Gasteiger partial charge on any atom is -0.309 e. The lowest BCUT2D eigenvalue weighted by molar-refractivity contribution is 0.519. The zero-order valence-corrected chi connectivity index (χ0v) is 14.0. The summed E-state index contributed by atoms with van der Waals surface area (Å²) >= 11 is 7.80. The number of benzene rings is 1. The number of halogens is 2. The Morgan fingerprint density at radius 3 is 2.71 bits per heavy atom. The van der Waals surface area contributed by atoms with Gasteiger partial charge in [-0.2, -0.15) is 0 Å². The van der Waals surface area contributed by atoms with Gasteiger partial charge in [-0.1, -0.05) is 25.4 Å². The summed E-state index contributed by atoms with van der Waals surface area (Å²) < 4.78 is 14.0. The number of nitrogens with one attached hydrogen (secondary N) is 1. The van der Waals surface area contributed by atoms with Gasteiger partial charge in [-0.15, -0.1) is 11.3 Å². The van der Waals surface area contributed by atoms with Crippen molar-refractivity contribution in [3.8, 4) is 0 Å². The summed E-state index contributed by atoms with van der Waals surface area (Å²) in [6.07, 6.45) is 2.72. The Morgan fingerprint density at radius 2 is 2.05 bits per heavy atom. The van der Waals surface area contributed by atoms with Crippen LogP contribution in [0.5, 0.6) is 0 Å². The maximum absolute atomic E-state index is 14.0. The van der Waals surface area contributed by atoms with Crippen molar-refractivity contribution in [2.45, 2.75) is 39.2 Å². The Morgan fingerprint density at radius 1 is 1.24 bits per heavy atom. The van der Waals surface area contributed by atoms with E-state index < -0.39 is 0 Å². The van der Waals surface area contributed by atoms with E-state index in [-0.39, 0.29) is 11.9 Å². The van der Waals surface area contributed by atoms with Gasteiger partial charge in [-0.25, -0.2) is 4.39 Å². The van der Waals surface area contributed by atoms with Crippen LogP contribution in [-0.2, 0) is 12.8 Å². The summed E-state index contributed by atoms with van der Waals surface area (Å²) in [7, 11) is 0. The highest BCUT2D eigenvalue weighted by atomic mass is 35.5. The molecule has 0 aliphatic rings. The molecule has 1 nitrogen and oxygen atoms in total. The lowest BCUT2D eigenvalue weighted by atomic mass is 10.0. The molecule has 1 N–H and O–H groups in total. The van der Waals surface area contributed by atoms with E-state index in [1.807, 2.05) is 0 Å². The van der Waals surface area contributed by atoms with Gasteiger partial charge in [0.1, 0.15) is 5.82 Å². The standard InChI is InChI=1S/C17H21ClFNS/c1-3-9-20-16(17-8-6-14(4-2)21-17)11-12-10-13(18)5-7-15(12)19/h5-8,10,16,20H,3-4,9,11H2,1-2H3. The van der Waals surface area contributed by atoms with E-state index in [9.17, 15) is 4.39 Å². The lowest BCUT2D eigenvalue weighted by Crippen LogP contribution is -2.23. The maximum Gasteiger partial charge on any atom is 0.126 e. The molecule has 1 heterocycles. The Balaban J connectivity index is 2.21. The fourth-order valence-corrected chi connectivity index (χ4v) is 3.51. The Kier molecular flexibility index (Phi) is 6.22. The monoisotopic (exact) mass is 325 g/mol. The average Bonchev–Trinajstić information content (AvgIpc) is 2.95. The number of rotatable bonds is 7. The van der Waals surface area contributed by atoms with Crippen LogP contribution in [0.3, 0.4) is 0 Å². The number of hydrogen-bond donors (Lipinski definition) is 1. The molecule has 0 aliphatic heterocycles. The van der Waals surface area contributed by atoms with Gasteiger partial charge in [0.15, 0.2) is 0 Å². The third-order valence-electron chi connectivity index (χ3n) is 3.45. The first kappa shape index (κ1) is 16.5. The molecule has 4 heteroatoms. The third-order valence-corrected chi connectivity index (χ3v) is 5.03. The van der Waals surface area contributed by atoms with Crippen LogP contribution in [0.15, 0.2) is 30.3 Å². The van der Waals surface area contributed by atoms with Gasteiger partial charge in [0.2, 0.25) is 0 Å². The molecule has 2 aromatic rings. The molecule has 0 bridgehead atoms. The van der Waals surface area contributed by atoms with Crippen molar-refractivity contribution >= 4 is 22.9 Å². The van der Waals surface area contributed by atoms with Crippen molar-refractivity contribution in [2.24, 2.45) is 0 Å². The minimum absolute atomic E-state index is 0.142. The normalized spacial score (nSPS) is 12.6. The van der Waals surface area contributed by atoms with E-state index in [1.165, 1.54) is 15.8 Å². The molecule has 0 amide bonds. The zero-order valence-electron chi connectivity index (χ0n) is 12.5. The summed E-state index contributed by atoms with van der Waals surface area (Å²) in [5.74, 6) is -0.185. The summed E-state index contributed by atoms with van der Waals surface area (Å²) in [6, 6.07) is 9.22. The van der Waals surface area contributed by atoms with Crippen LogP contribution in [0.4, 0.5) is 4.39 Å². The molecule has 0 aliphatic carbocycles. The van der Waals surface area contributed by atoms with Crippen molar-refractivity contribution in [3.05, 3.63) is 56.5 Å². The fourth-order valence-electron chi connectivity index (χ4n) is 2.28. The molecule has 1 aromatic heterocycles. The molecule has 0 saturated carbocycles. The van der Waals surface area contributed by atoms with Gasteiger partial charge in [0, 0.05) is 20.8 Å². The first-order valence-electron chi connectivity index (χ1n) is 7.40. The van der Waals surface area contributed by atoms with Gasteiger partial charge in [0.25, 0.3) is 0 Å². The topological polar surface area (TPSA) is 12.0 Å². The van der Waals surface area contributed by atoms with Crippen LogP contribution in [0, 0.1) is 5.82 Å². The SMILES string of the molecule is CCCNC(Cc1cc(Cl)ccc1F)c1ccc(CC)s1. The van der Waals surface area contributed by atoms with Crippen molar-refractivity contribution in [1.29, 1.82) is 0 Å². The molecule has 0 radical (unpaired) electrons. The summed E-state index contributed by atoms with van der Waals surface area (Å²) in [4.78, 5) is 2.62. The van der Waals surface area contributed by atoms with Gasteiger partial charge < -0.3 is 5.32 Å². The van der Waals surface area contributed by atoms with E-state index in [0.717, 1.165) is 19.4 Å². The highest BCUT2D eigenvalue weighted by Crippen LogP contribution is 2.28. The van der Waals surface area contributed by atoms with Gasteiger partial charge in [-0.05, 0) is 61.7 Å². The molecule has 2 rings (SSSR count). The fraction of sp³-hybridized carbons (Fsp3) is 0.412. The predicted octanol–water partition coefficient (Wildman–Crippen LogP) is 5.39. The summed E-state index contributed by atoms with van der Waals surface area (Å²) in [6.45, 7) is 5.21. The second kappa shape index (κ2) is 7.92. The molecular weight excluding hydrogens is 305 g/mol. The molecule has 21 heavy (non-hydrogen) atoms. The maximum atomic E-state index is 14.0. The van der Waals surface area contributed by atoms with Gasteiger partial charge >= 0.3 is 0 Å². The van der Waals surface area contributed by atoms with Crippen molar-refractivity contribution in [2.75, 3.05) is 6.54 Å². The van der Waals surface area contributed by atoms with E-state index in [1.54, 1.807) is 23.5 Å². The van der Waals surface area contributed by atoms with Crippen LogP contribution < -0.4 is 5.32 Å². The number of hydrogen-bond acceptors (Lipinski definition) is 2. The van der Waals surface area contributed by atoms with E-state index in [0.29, 0.717) is 17.0 Å². The minimum atomic E-state index is -0.185. The van der Waals surface area contributed by atoms with Crippen LogP contribution in [0.1, 0.15) is 41.6 Å². The molecular formula is C17H21ClFNS. The van der Waals surface area contributed by atoms with Crippen molar-refractivity contribution in [1.82, 2.24) is 5.32 Å². The Hall–Kier alpha value is -0.900. The summed E-state index contributed by atoms with van der Waals surface area (Å²) in [5, 5.41) is 4.10. The largest absolute Gasteiger partial charge is 0.309 e. The number of thiophene rings is 1. The van der Waals surface area contributed by atoms with Crippen molar-refractivity contribution < 1.29 is 4.39 Å².